The average molecular weight is 575 g/mol. The molecule has 2 unspecified atom stereocenters. The molecule has 0 bridgehead atoms. The smallest absolute Gasteiger partial charge is 0.321 e. The Morgan fingerprint density at radius 3 is 2.76 bits per heavy atom. The van der Waals surface area contributed by atoms with Crippen LogP contribution in [-0.2, 0) is 4.79 Å². The molecule has 3 N–H and O–H groups in total. The topological polar surface area (TPSA) is 120 Å². The van der Waals surface area contributed by atoms with Gasteiger partial charge in [-0.15, -0.1) is 0 Å². The van der Waals surface area contributed by atoms with E-state index in [-0.39, 0.29) is 11.9 Å². The van der Waals surface area contributed by atoms with E-state index >= 15 is 0 Å². The van der Waals surface area contributed by atoms with Crippen LogP contribution in [0.25, 0.3) is 27.0 Å². The third-order valence-corrected chi connectivity index (χ3v) is 8.47. The molecule has 1 aromatic carbocycles. The first-order valence-electron chi connectivity index (χ1n) is 14.0. The van der Waals surface area contributed by atoms with E-state index in [1.807, 2.05) is 43.0 Å². The minimum atomic E-state index is -0.830. The number of anilines is 1. The first-order valence-corrected chi connectivity index (χ1v) is 14.8. The highest BCUT2D eigenvalue weighted by atomic mass is 32.1. The van der Waals surface area contributed by atoms with Gasteiger partial charge in [-0.1, -0.05) is 50.3 Å². The molecule has 3 heterocycles. The van der Waals surface area contributed by atoms with Gasteiger partial charge in [0.25, 0.3) is 0 Å². The first-order chi connectivity index (χ1) is 19.7. The Bertz CT molecular complexity index is 1480. The van der Waals surface area contributed by atoms with E-state index in [4.69, 9.17) is 9.98 Å². The maximum Gasteiger partial charge on any atom is 0.321 e. The van der Waals surface area contributed by atoms with Gasteiger partial charge in [-0.05, 0) is 68.0 Å². The highest BCUT2D eigenvalue weighted by Gasteiger charge is 2.48. The highest BCUT2D eigenvalue weighted by Crippen LogP contribution is 2.41. The number of allylic oxidation sites excluding steroid dienone is 2. The molecule has 9 nitrogen and oxygen atoms in total. The van der Waals surface area contributed by atoms with Crippen molar-refractivity contribution in [1.82, 2.24) is 20.2 Å². The van der Waals surface area contributed by atoms with Crippen LogP contribution < -0.4 is 10.6 Å². The number of carbonyl (C=O) groups is 2. The second-order valence-electron chi connectivity index (χ2n) is 10.4. The van der Waals surface area contributed by atoms with Crippen molar-refractivity contribution >= 4 is 50.5 Å². The summed E-state index contributed by atoms with van der Waals surface area (Å²) in [5.74, 6) is -0.189. The number of hydrogen-bond donors (Lipinski definition) is 3. The van der Waals surface area contributed by atoms with Gasteiger partial charge in [-0.25, -0.2) is 14.8 Å². The van der Waals surface area contributed by atoms with Crippen molar-refractivity contribution in [1.29, 1.82) is 0 Å². The number of aliphatic imine (C=N–C) groups is 1. The van der Waals surface area contributed by atoms with Gasteiger partial charge >= 0.3 is 12.0 Å². The van der Waals surface area contributed by atoms with Crippen LogP contribution in [0.3, 0.4) is 0 Å². The van der Waals surface area contributed by atoms with Crippen molar-refractivity contribution in [3.63, 3.8) is 0 Å². The molecule has 0 radical (unpaired) electrons. The number of benzene rings is 1. The van der Waals surface area contributed by atoms with E-state index in [1.165, 1.54) is 11.3 Å². The fourth-order valence-electron chi connectivity index (χ4n) is 5.21. The molecule has 2 atom stereocenters. The Kier molecular flexibility index (Phi) is 9.54. The molecule has 0 spiro atoms. The lowest BCUT2D eigenvalue weighted by Gasteiger charge is -2.25. The van der Waals surface area contributed by atoms with Crippen molar-refractivity contribution in [2.75, 3.05) is 25.0 Å². The van der Waals surface area contributed by atoms with Crippen LogP contribution in [0.2, 0.25) is 0 Å². The van der Waals surface area contributed by atoms with Crippen LogP contribution in [0.15, 0.2) is 60.0 Å². The Morgan fingerprint density at radius 2 is 2.10 bits per heavy atom. The predicted molar refractivity (Wildman–Crippen MR) is 167 cm³/mol. The van der Waals surface area contributed by atoms with E-state index in [2.05, 4.69) is 48.2 Å². The number of pyridine rings is 1. The zero-order valence-electron chi connectivity index (χ0n) is 24.1. The lowest BCUT2D eigenvalue weighted by atomic mass is 9.78. The highest BCUT2D eigenvalue weighted by molar-refractivity contribution is 7.22. The van der Waals surface area contributed by atoms with Gasteiger partial charge in [0.15, 0.2) is 5.13 Å². The summed E-state index contributed by atoms with van der Waals surface area (Å²) in [6, 6.07) is 9.53. The van der Waals surface area contributed by atoms with Gasteiger partial charge in [0.05, 0.1) is 21.3 Å². The zero-order chi connectivity index (χ0) is 29.6. The second kappa shape index (κ2) is 13.1. The Hall–Kier alpha value is -4.05. The zero-order valence-corrected chi connectivity index (χ0v) is 24.9. The van der Waals surface area contributed by atoms with Crippen LogP contribution in [0.4, 0.5) is 9.93 Å². The van der Waals surface area contributed by atoms with E-state index in [9.17, 15) is 14.7 Å². The summed E-state index contributed by atoms with van der Waals surface area (Å²) in [5.41, 5.74) is 3.43. The molecule has 1 fully saturated rings. The van der Waals surface area contributed by atoms with Gasteiger partial charge in [0.2, 0.25) is 0 Å². The minimum Gasteiger partial charge on any atom is -0.481 e. The largest absolute Gasteiger partial charge is 0.481 e. The molecule has 3 aromatic rings. The van der Waals surface area contributed by atoms with E-state index in [1.54, 1.807) is 12.4 Å². The fraction of sp³-hybridized carbons (Fsp3) is 0.387. The van der Waals surface area contributed by atoms with E-state index in [0.29, 0.717) is 30.6 Å². The van der Waals surface area contributed by atoms with Crippen LogP contribution in [-0.4, -0.2) is 57.8 Å². The van der Waals surface area contributed by atoms with Crippen molar-refractivity contribution < 1.29 is 14.7 Å². The Balaban J connectivity index is 1.68. The number of carboxylic acid groups (broad SMARTS) is 1. The van der Waals surface area contributed by atoms with Gasteiger partial charge < -0.3 is 15.3 Å². The number of amides is 2. The normalized spacial score (nSPS) is 19.2. The van der Waals surface area contributed by atoms with Crippen molar-refractivity contribution in [3.05, 3.63) is 60.6 Å². The number of rotatable bonds is 11. The molecular formula is C31H38N6O3S. The average Bonchev–Trinajstić information content (AvgIpc) is 3.52. The Labute approximate surface area is 245 Å². The lowest BCUT2D eigenvalue weighted by Crippen LogP contribution is -2.35. The third-order valence-electron chi connectivity index (χ3n) is 7.45. The van der Waals surface area contributed by atoms with Crippen molar-refractivity contribution in [3.8, 4) is 11.3 Å². The summed E-state index contributed by atoms with van der Waals surface area (Å²) in [7, 11) is 0. The van der Waals surface area contributed by atoms with Crippen LogP contribution in [0, 0.1) is 11.3 Å². The van der Waals surface area contributed by atoms with Crippen LogP contribution in [0.5, 0.6) is 0 Å². The number of nitrogens with zero attached hydrogens (tertiary/aromatic N) is 4. The number of urea groups is 1. The third kappa shape index (κ3) is 6.65. The van der Waals surface area contributed by atoms with Gasteiger partial charge in [-0.3, -0.25) is 15.1 Å². The van der Waals surface area contributed by atoms with Gasteiger partial charge in [-0.2, -0.15) is 0 Å². The number of hydrogen-bond acceptors (Lipinski definition) is 7. The molecular weight excluding hydrogens is 536 g/mol. The number of likely N-dealkylation sites (tertiary alicyclic amines) is 1. The first kappa shape index (κ1) is 29.9. The molecule has 41 heavy (non-hydrogen) atoms. The minimum absolute atomic E-state index is 0.0396. The molecule has 2 amide bonds. The van der Waals surface area contributed by atoms with Gasteiger partial charge in [0, 0.05) is 37.6 Å². The fourth-order valence-corrected chi connectivity index (χ4v) is 6.18. The Morgan fingerprint density at radius 1 is 1.29 bits per heavy atom. The van der Waals surface area contributed by atoms with Crippen molar-refractivity contribution in [2.24, 2.45) is 16.3 Å². The predicted octanol–water partition coefficient (Wildman–Crippen LogP) is 6.66. The quantitative estimate of drug-likeness (QED) is 0.220. The summed E-state index contributed by atoms with van der Waals surface area (Å²) < 4.78 is 0.920. The number of fused-ring (bicyclic) bond motifs is 1. The van der Waals surface area contributed by atoms with E-state index in [0.717, 1.165) is 51.9 Å². The summed E-state index contributed by atoms with van der Waals surface area (Å²) in [5, 5.41) is 16.0. The molecule has 1 saturated heterocycles. The maximum atomic E-state index is 12.2. The molecule has 216 valence electrons. The summed E-state index contributed by atoms with van der Waals surface area (Å²) in [6.07, 6.45) is 8.19. The maximum absolute atomic E-state index is 12.2. The molecule has 1 aliphatic heterocycles. The van der Waals surface area contributed by atoms with Crippen LogP contribution in [0.1, 0.15) is 52.5 Å². The molecule has 10 heteroatoms. The van der Waals surface area contributed by atoms with Crippen molar-refractivity contribution in [2.45, 2.75) is 47.0 Å². The summed E-state index contributed by atoms with van der Waals surface area (Å²) >= 11 is 1.40. The number of aromatic nitrogens is 2. The molecule has 4 rings (SSSR count). The summed E-state index contributed by atoms with van der Waals surface area (Å²) in [4.78, 5) is 40.3. The van der Waals surface area contributed by atoms with E-state index < -0.39 is 11.4 Å². The number of nitrogens with one attached hydrogen (secondary N) is 2. The van der Waals surface area contributed by atoms with Gasteiger partial charge in [0.1, 0.15) is 5.82 Å². The number of aliphatic carboxylic acids is 1. The number of carboxylic acids is 1. The number of carbonyl (C=O) groups excluding carboxylic acids is 1. The molecule has 2 aromatic heterocycles. The monoisotopic (exact) mass is 574 g/mol. The standard InChI is InChI=1S/C31H38N6O3S/c1-6-11-21(17-34-20(4)37-18-23(12-7-2)31(5,19-37)28(38)39)22-15-24(25-13-9-10-14-33-25)27-26(16-22)35-30(41-27)36-29(40)32-8-3/h9-11,13-17,23H,4,6-8,12,18-19H2,1-3,5H3,(H,38,39)(H2,32,35,36,40)/b21-11+,34-17?. The second-order valence-corrected chi connectivity index (χ2v) is 11.4. The summed E-state index contributed by atoms with van der Waals surface area (Å²) in [6.45, 7) is 13.5. The molecule has 1 aliphatic rings. The number of thiazole rings is 1. The molecule has 0 aliphatic carbocycles. The van der Waals surface area contributed by atoms with Crippen LogP contribution >= 0.6 is 11.3 Å². The lowest BCUT2D eigenvalue weighted by molar-refractivity contribution is -0.149. The molecule has 0 saturated carbocycles. The SMILES string of the molecule is C=C(N=C/C(=C\CC)c1cc(-c2ccccn2)c2sc(NC(=O)NCC)nc2c1)N1CC(CCC)C(C)(C(=O)O)C1.